The highest BCUT2D eigenvalue weighted by Gasteiger charge is 2.36. The summed E-state index contributed by atoms with van der Waals surface area (Å²) in [7, 11) is -4.21. The third-order valence-electron chi connectivity index (χ3n) is 1.32. The van der Waals surface area contributed by atoms with E-state index < -0.39 is 15.6 Å². The Bertz CT molecular complexity index is 526. The van der Waals surface area contributed by atoms with Gasteiger partial charge in [0.05, 0.1) is 11.1 Å². The van der Waals surface area contributed by atoms with Crippen molar-refractivity contribution >= 4 is 38.5 Å². The maximum absolute atomic E-state index is 10.7. The van der Waals surface area contributed by atoms with Crippen molar-refractivity contribution in [3.63, 3.8) is 0 Å². The number of carbonyl (C=O) groups is 1. The van der Waals surface area contributed by atoms with Crippen molar-refractivity contribution < 1.29 is 35.0 Å². The fourth-order valence-corrected chi connectivity index (χ4v) is 1.76. The molecule has 12 heteroatoms. The van der Waals surface area contributed by atoms with Crippen LogP contribution < -0.4 is 4.07 Å². The van der Waals surface area contributed by atoms with Gasteiger partial charge in [0.2, 0.25) is 0 Å². The largest absolute Gasteiger partial charge is 0.741 e. The van der Waals surface area contributed by atoms with Gasteiger partial charge in [0.15, 0.2) is 33.8 Å². The summed E-state index contributed by atoms with van der Waals surface area (Å²) in [6.45, 7) is 1.57. The summed E-state index contributed by atoms with van der Waals surface area (Å²) in [6.07, 6.45) is 0. The normalized spacial score (nSPS) is 11.7. The number of rotatable bonds is 2. The number of alkyl halides is 3. The zero-order valence-electron chi connectivity index (χ0n) is 9.67. The number of aryl methyl sites for hydroxylation is 1. The number of halogens is 3. The summed E-state index contributed by atoms with van der Waals surface area (Å²) < 4.78 is 60.7. The number of aromatic nitrogens is 2. The minimum Gasteiger partial charge on any atom is -0.741 e. The Morgan fingerprint density at radius 2 is 2.05 bits per heavy atom. The van der Waals surface area contributed by atoms with Crippen molar-refractivity contribution in [1.82, 2.24) is 5.10 Å². The topological polar surface area (TPSA) is 91.0 Å². The van der Waals surface area contributed by atoms with E-state index >= 15 is 0 Å². The van der Waals surface area contributed by atoms with Crippen LogP contribution in [0.2, 0.25) is 0 Å². The molecule has 0 aliphatic heterocycles. The summed E-state index contributed by atoms with van der Waals surface area (Å²) >= 11 is 2.83. The van der Waals surface area contributed by atoms with Crippen molar-refractivity contribution in [2.75, 3.05) is 0 Å². The van der Waals surface area contributed by atoms with E-state index in [4.69, 9.17) is 13.0 Å². The Morgan fingerprint density at radius 3 is 2.32 bits per heavy atom. The molecule has 0 atom stereocenters. The number of nitrogens with zero attached hydrogens (tertiary/aromatic N) is 2. The van der Waals surface area contributed by atoms with E-state index in [2.05, 4.69) is 5.10 Å². The van der Waals surface area contributed by atoms with Crippen molar-refractivity contribution in [3.8, 4) is 0 Å². The van der Waals surface area contributed by atoms with E-state index in [1.807, 2.05) is 12.4 Å². The molecule has 0 aromatic carbocycles. The third-order valence-corrected chi connectivity index (χ3v) is 3.50. The van der Waals surface area contributed by atoms with Crippen LogP contribution in [-0.2, 0) is 27.7 Å². The Morgan fingerprint density at radius 1 is 1.58 bits per heavy atom. The van der Waals surface area contributed by atoms with Crippen molar-refractivity contribution in [3.05, 3.63) is 11.1 Å². The van der Waals surface area contributed by atoms with Crippen molar-refractivity contribution in [2.24, 2.45) is 7.05 Å². The first-order valence-electron chi connectivity index (χ1n) is 4.40. The first kappa shape index (κ1) is 18.3. The first-order chi connectivity index (χ1) is 8.43. The van der Waals surface area contributed by atoms with Crippen LogP contribution in [0, 0.1) is 0 Å². The van der Waals surface area contributed by atoms with Crippen molar-refractivity contribution in [2.45, 2.75) is 18.2 Å². The predicted molar refractivity (Wildman–Crippen MR) is 61.0 cm³/mol. The zero-order valence-corrected chi connectivity index (χ0v) is 12.1. The summed E-state index contributed by atoms with van der Waals surface area (Å²) in [5, 5.41) is 6.24. The maximum Gasteiger partial charge on any atom is 0.485 e. The van der Waals surface area contributed by atoms with Gasteiger partial charge < -0.3 is 4.55 Å². The molecule has 0 aliphatic rings. The van der Waals surface area contributed by atoms with Gasteiger partial charge in [0, 0.05) is 12.0 Å². The van der Waals surface area contributed by atoms with Crippen LogP contribution in [-0.4, -0.2) is 28.7 Å². The predicted octanol–water partition coefficient (Wildman–Crippen LogP) is 0.799. The summed E-state index contributed by atoms with van der Waals surface area (Å²) in [5.41, 5.74) is -4.68. The van der Waals surface area contributed by atoms with E-state index in [9.17, 15) is 18.0 Å². The molecule has 1 aromatic heterocycles. The van der Waals surface area contributed by atoms with Gasteiger partial charge >= 0.3 is 5.51 Å². The third kappa shape index (κ3) is 8.13. The number of hydrogen-bond acceptors (Lipinski definition) is 7. The minimum absolute atomic E-state index is 0.139. The molecule has 19 heavy (non-hydrogen) atoms. The van der Waals surface area contributed by atoms with Gasteiger partial charge in [-0.2, -0.15) is 13.2 Å². The minimum atomic E-state index is -6.09. The van der Waals surface area contributed by atoms with Gasteiger partial charge in [0.25, 0.3) is 0 Å². The lowest BCUT2D eigenvalue weighted by Gasteiger charge is -2.08. The molecule has 6 nitrogen and oxygen atoms in total. The molecule has 0 spiro atoms. The standard InChI is InChI=1S/C6H9N2OS2.CHF3O3S/c1-5(9)10-3-6-4-11-8(2)7-6;2-1(3,4)8(5,6)7/h4H,3H2,1-2H3;(H,5,6,7)/q+1;/p-1. The molecule has 0 amide bonds. The van der Waals surface area contributed by atoms with E-state index in [0.717, 1.165) is 5.69 Å². The van der Waals surface area contributed by atoms with Crippen molar-refractivity contribution in [1.29, 1.82) is 0 Å². The highest BCUT2D eigenvalue weighted by atomic mass is 32.2. The summed E-state index contributed by atoms with van der Waals surface area (Å²) in [5.74, 6) is 0.687. The van der Waals surface area contributed by atoms with E-state index in [0.29, 0.717) is 5.75 Å². The Labute approximate surface area is 115 Å². The van der Waals surface area contributed by atoms with Crippen LogP contribution in [0.1, 0.15) is 12.6 Å². The second-order valence-corrected chi connectivity index (χ2v) is 6.46. The van der Waals surface area contributed by atoms with E-state index in [1.165, 1.54) is 23.3 Å². The van der Waals surface area contributed by atoms with Gasteiger partial charge in [0.1, 0.15) is 5.69 Å². The Hall–Kier alpha value is -0.720. The average Bonchev–Trinajstić information content (AvgIpc) is 2.59. The Kier molecular flexibility index (Phi) is 6.89. The van der Waals surface area contributed by atoms with Crippen LogP contribution in [0.25, 0.3) is 0 Å². The second kappa shape index (κ2) is 7.17. The molecule has 0 radical (unpaired) electrons. The molecule has 0 aliphatic carbocycles. The molecular formula is C7H9F3N2O4S3. The molecule has 1 rings (SSSR count). The van der Waals surface area contributed by atoms with Crippen LogP contribution in [0.4, 0.5) is 13.2 Å². The lowest BCUT2D eigenvalue weighted by molar-refractivity contribution is -0.663. The molecule has 0 unspecified atom stereocenters. The van der Waals surface area contributed by atoms with Crippen LogP contribution >= 0.6 is 23.3 Å². The lowest BCUT2D eigenvalue weighted by Crippen LogP contribution is -2.25. The molecular weight excluding hydrogens is 329 g/mol. The number of hydrogen-bond donors (Lipinski definition) is 0. The molecule has 110 valence electrons. The fourth-order valence-electron chi connectivity index (χ4n) is 0.604. The first-order valence-corrected chi connectivity index (χ1v) is 7.63. The SMILES string of the molecule is CC(=O)SCc1cs[n+](C)n1.O=S(=O)([O-])C(F)(F)F. The molecule has 1 aromatic rings. The Balaban J connectivity index is 0.000000362. The smallest absolute Gasteiger partial charge is 0.485 e. The quantitative estimate of drug-likeness (QED) is 0.450. The molecule has 0 saturated heterocycles. The van der Waals surface area contributed by atoms with Crippen LogP contribution in [0.3, 0.4) is 0 Å². The van der Waals surface area contributed by atoms with Gasteiger partial charge in [-0.05, 0) is 4.07 Å². The number of carbonyl (C=O) groups excluding carboxylic acids is 1. The molecule has 0 fully saturated rings. The monoisotopic (exact) mass is 338 g/mol. The van der Waals surface area contributed by atoms with Gasteiger partial charge in [-0.3, -0.25) is 4.79 Å². The van der Waals surface area contributed by atoms with Gasteiger partial charge in [-0.15, -0.1) is 0 Å². The van der Waals surface area contributed by atoms with Crippen LogP contribution in [0.15, 0.2) is 5.38 Å². The van der Waals surface area contributed by atoms with Gasteiger partial charge in [-0.1, -0.05) is 11.8 Å². The molecule has 0 N–H and O–H groups in total. The maximum atomic E-state index is 10.7. The lowest BCUT2D eigenvalue weighted by atomic mass is 10.6. The zero-order chi connectivity index (χ0) is 15.3. The number of thioether (sulfide) groups is 1. The highest BCUT2D eigenvalue weighted by molar-refractivity contribution is 8.12. The van der Waals surface area contributed by atoms with E-state index in [-0.39, 0.29) is 5.12 Å². The van der Waals surface area contributed by atoms with Crippen LogP contribution in [0.5, 0.6) is 0 Å². The molecule has 0 saturated carbocycles. The summed E-state index contributed by atoms with van der Waals surface area (Å²) in [4.78, 5) is 10.6. The average molecular weight is 338 g/mol. The second-order valence-electron chi connectivity index (χ2n) is 2.96. The molecule has 0 bridgehead atoms. The van der Waals surface area contributed by atoms with Gasteiger partial charge in [-0.25, -0.2) is 8.42 Å². The summed E-state index contributed by atoms with van der Waals surface area (Å²) in [6, 6.07) is 0. The fraction of sp³-hybridized carbons (Fsp3) is 0.571. The highest BCUT2D eigenvalue weighted by Crippen LogP contribution is 2.20. The molecule has 1 heterocycles. The van der Waals surface area contributed by atoms with E-state index in [1.54, 1.807) is 11.0 Å².